The van der Waals surface area contributed by atoms with E-state index in [1.54, 1.807) is 0 Å². The van der Waals surface area contributed by atoms with E-state index in [0.29, 0.717) is 4.90 Å². The van der Waals surface area contributed by atoms with Crippen molar-refractivity contribution in [2.24, 2.45) is 0 Å². The molecular weight excluding hydrogens is 270 g/mol. The summed E-state index contributed by atoms with van der Waals surface area (Å²) in [6, 6.07) is 5.80. The maximum atomic E-state index is 13.0. The molecule has 2 unspecified atom stereocenters. The molecule has 1 fully saturated rings. The summed E-state index contributed by atoms with van der Waals surface area (Å²) in [6.07, 6.45) is 3.86. The maximum absolute atomic E-state index is 13.0. The van der Waals surface area contributed by atoms with Gasteiger partial charge in [-0.15, -0.1) is 0 Å². The van der Waals surface area contributed by atoms with Crippen molar-refractivity contribution < 1.29 is 8.42 Å². The third kappa shape index (κ3) is 3.07. The molecule has 2 rings (SSSR count). The summed E-state index contributed by atoms with van der Waals surface area (Å²) in [6.45, 7) is 6.69. The Morgan fingerprint density at radius 2 is 1.90 bits per heavy atom. The van der Waals surface area contributed by atoms with Crippen molar-refractivity contribution >= 4 is 9.84 Å². The van der Waals surface area contributed by atoms with E-state index >= 15 is 0 Å². The number of rotatable bonds is 4. The second kappa shape index (κ2) is 6.27. The van der Waals surface area contributed by atoms with Gasteiger partial charge in [0.05, 0.1) is 10.1 Å². The van der Waals surface area contributed by atoms with Crippen LogP contribution in [0.5, 0.6) is 0 Å². The van der Waals surface area contributed by atoms with Crippen LogP contribution in [-0.2, 0) is 9.84 Å². The van der Waals surface area contributed by atoms with E-state index in [0.717, 1.165) is 43.4 Å². The summed E-state index contributed by atoms with van der Waals surface area (Å²) in [5, 5.41) is 3.08. The summed E-state index contributed by atoms with van der Waals surface area (Å²) >= 11 is 0. The monoisotopic (exact) mass is 295 g/mol. The van der Waals surface area contributed by atoms with Crippen LogP contribution in [0.1, 0.15) is 43.7 Å². The Labute approximate surface area is 122 Å². The highest BCUT2D eigenvalue weighted by Gasteiger charge is 2.36. The minimum Gasteiger partial charge on any atom is -0.313 e. The smallest absolute Gasteiger partial charge is 0.183 e. The van der Waals surface area contributed by atoms with Crippen molar-refractivity contribution in [2.45, 2.75) is 62.6 Å². The first-order chi connectivity index (χ1) is 9.46. The lowest BCUT2D eigenvalue weighted by molar-refractivity contribution is 0.376. The van der Waals surface area contributed by atoms with E-state index in [4.69, 9.17) is 0 Å². The van der Waals surface area contributed by atoms with Crippen LogP contribution in [0.3, 0.4) is 0 Å². The number of aryl methyl sites for hydroxylation is 2. The Hall–Kier alpha value is -0.870. The van der Waals surface area contributed by atoms with Gasteiger partial charge in [0.2, 0.25) is 0 Å². The number of hydrogen-bond acceptors (Lipinski definition) is 3. The van der Waals surface area contributed by atoms with Crippen molar-refractivity contribution in [1.29, 1.82) is 0 Å². The molecule has 0 saturated heterocycles. The van der Waals surface area contributed by atoms with Gasteiger partial charge in [0.1, 0.15) is 0 Å². The topological polar surface area (TPSA) is 46.2 Å². The molecule has 1 aliphatic rings. The van der Waals surface area contributed by atoms with E-state index in [-0.39, 0.29) is 11.3 Å². The fourth-order valence-corrected chi connectivity index (χ4v) is 5.48. The molecular formula is C16H25NO2S. The normalized spacial score (nSPS) is 23.8. The molecule has 0 spiro atoms. The van der Waals surface area contributed by atoms with Crippen molar-refractivity contribution in [1.82, 2.24) is 5.32 Å². The Morgan fingerprint density at radius 1 is 1.20 bits per heavy atom. The van der Waals surface area contributed by atoms with Crippen LogP contribution in [0.2, 0.25) is 0 Å². The summed E-state index contributed by atoms with van der Waals surface area (Å²) in [7, 11) is -3.25. The van der Waals surface area contributed by atoms with Gasteiger partial charge in [-0.3, -0.25) is 0 Å². The molecule has 0 bridgehead atoms. The predicted molar refractivity (Wildman–Crippen MR) is 82.8 cm³/mol. The standard InChI is InChI=1S/C16H25NO2S/c1-4-17-14-7-5-6-8-15(14)20(18,19)16-11-12(2)9-10-13(16)3/h9-11,14-15,17H,4-8H2,1-3H3. The van der Waals surface area contributed by atoms with Gasteiger partial charge < -0.3 is 5.32 Å². The van der Waals surface area contributed by atoms with Crippen LogP contribution in [0.25, 0.3) is 0 Å². The number of nitrogens with one attached hydrogen (secondary N) is 1. The van der Waals surface area contributed by atoms with Gasteiger partial charge in [-0.1, -0.05) is 31.9 Å². The second-order valence-corrected chi connectivity index (χ2v) is 7.94. The fourth-order valence-electron chi connectivity index (χ4n) is 3.14. The minimum absolute atomic E-state index is 0.0960. The van der Waals surface area contributed by atoms with Crippen molar-refractivity contribution in [3.63, 3.8) is 0 Å². The molecule has 1 N–H and O–H groups in total. The van der Waals surface area contributed by atoms with E-state index in [2.05, 4.69) is 5.32 Å². The SMILES string of the molecule is CCNC1CCCCC1S(=O)(=O)c1cc(C)ccc1C. The highest BCUT2D eigenvalue weighted by Crippen LogP contribution is 2.31. The highest BCUT2D eigenvalue weighted by atomic mass is 32.2. The minimum atomic E-state index is -3.25. The van der Waals surface area contributed by atoms with Gasteiger partial charge in [0.15, 0.2) is 9.84 Å². The Kier molecular flexibility index (Phi) is 4.86. The van der Waals surface area contributed by atoms with Crippen molar-refractivity contribution in [3.05, 3.63) is 29.3 Å². The Bertz CT molecular complexity index is 564. The van der Waals surface area contributed by atoms with Crippen LogP contribution >= 0.6 is 0 Å². The zero-order valence-corrected chi connectivity index (χ0v) is 13.5. The second-order valence-electron chi connectivity index (χ2n) is 5.80. The van der Waals surface area contributed by atoms with Crippen LogP contribution in [0, 0.1) is 13.8 Å². The molecule has 2 atom stereocenters. The molecule has 0 aromatic heterocycles. The van der Waals surface area contributed by atoms with Gasteiger partial charge in [-0.25, -0.2) is 8.42 Å². The summed E-state index contributed by atoms with van der Waals surface area (Å²) in [5.74, 6) is 0. The molecule has 3 nitrogen and oxygen atoms in total. The number of hydrogen-bond donors (Lipinski definition) is 1. The van der Waals surface area contributed by atoms with E-state index in [1.807, 2.05) is 39.0 Å². The largest absolute Gasteiger partial charge is 0.313 e. The average Bonchev–Trinajstić information content (AvgIpc) is 2.42. The molecule has 1 saturated carbocycles. The van der Waals surface area contributed by atoms with Gasteiger partial charge in [-0.05, 0) is 50.4 Å². The molecule has 0 heterocycles. The molecule has 4 heteroatoms. The molecule has 0 aliphatic heterocycles. The third-order valence-corrected chi connectivity index (χ3v) is 6.63. The molecule has 112 valence electrons. The van der Waals surface area contributed by atoms with Gasteiger partial charge in [0, 0.05) is 6.04 Å². The predicted octanol–water partition coefficient (Wildman–Crippen LogP) is 3.00. The molecule has 1 aromatic rings. The first-order valence-electron chi connectivity index (χ1n) is 7.51. The van der Waals surface area contributed by atoms with Gasteiger partial charge in [0.25, 0.3) is 0 Å². The van der Waals surface area contributed by atoms with Crippen LogP contribution in [-0.4, -0.2) is 26.3 Å². The highest BCUT2D eigenvalue weighted by molar-refractivity contribution is 7.92. The van der Waals surface area contributed by atoms with Crippen molar-refractivity contribution in [2.75, 3.05) is 6.54 Å². The van der Waals surface area contributed by atoms with Gasteiger partial charge in [-0.2, -0.15) is 0 Å². The van der Waals surface area contributed by atoms with Crippen LogP contribution in [0.4, 0.5) is 0 Å². The lowest BCUT2D eigenvalue weighted by atomic mass is 9.95. The Balaban J connectivity index is 2.39. The first-order valence-corrected chi connectivity index (χ1v) is 9.06. The average molecular weight is 295 g/mol. The summed E-state index contributed by atoms with van der Waals surface area (Å²) < 4.78 is 26.0. The lowest BCUT2D eigenvalue weighted by Crippen LogP contribution is -2.46. The van der Waals surface area contributed by atoms with Crippen molar-refractivity contribution in [3.8, 4) is 0 Å². The summed E-state index contributed by atoms with van der Waals surface area (Å²) in [5.41, 5.74) is 1.86. The van der Waals surface area contributed by atoms with Crippen LogP contribution in [0.15, 0.2) is 23.1 Å². The molecule has 0 radical (unpaired) electrons. The number of benzene rings is 1. The molecule has 0 amide bonds. The quantitative estimate of drug-likeness (QED) is 0.929. The Morgan fingerprint density at radius 3 is 2.60 bits per heavy atom. The molecule has 1 aromatic carbocycles. The maximum Gasteiger partial charge on any atom is 0.183 e. The summed E-state index contributed by atoms with van der Waals surface area (Å²) in [4.78, 5) is 0.521. The van der Waals surface area contributed by atoms with E-state index in [1.165, 1.54) is 0 Å². The first kappa shape index (κ1) is 15.5. The molecule has 1 aliphatic carbocycles. The van der Waals surface area contributed by atoms with Crippen LogP contribution < -0.4 is 5.32 Å². The van der Waals surface area contributed by atoms with E-state index in [9.17, 15) is 8.42 Å². The lowest BCUT2D eigenvalue weighted by Gasteiger charge is -2.32. The molecule has 20 heavy (non-hydrogen) atoms. The fraction of sp³-hybridized carbons (Fsp3) is 0.625. The zero-order chi connectivity index (χ0) is 14.8. The van der Waals surface area contributed by atoms with Gasteiger partial charge >= 0.3 is 0 Å². The van der Waals surface area contributed by atoms with E-state index < -0.39 is 9.84 Å². The zero-order valence-electron chi connectivity index (χ0n) is 12.6. The third-order valence-electron chi connectivity index (χ3n) is 4.22. The number of sulfone groups is 1.